The van der Waals surface area contributed by atoms with Gasteiger partial charge in [-0.15, -0.1) is 24.0 Å². The molecular formula is C18H27ClIN3O. The van der Waals surface area contributed by atoms with Crippen LogP contribution >= 0.6 is 35.6 Å². The number of rotatable bonds is 5. The Kier molecular flexibility index (Phi) is 7.62. The van der Waals surface area contributed by atoms with Gasteiger partial charge in [-0.2, -0.15) is 0 Å². The number of hydrogen-bond donors (Lipinski definition) is 1. The molecule has 1 saturated heterocycles. The predicted molar refractivity (Wildman–Crippen MR) is 111 cm³/mol. The molecule has 0 spiro atoms. The van der Waals surface area contributed by atoms with Crippen LogP contribution in [0.25, 0.3) is 0 Å². The lowest BCUT2D eigenvalue weighted by molar-refractivity contribution is 0.181. The van der Waals surface area contributed by atoms with E-state index in [1.165, 1.54) is 5.56 Å². The van der Waals surface area contributed by atoms with Crippen LogP contribution in [0.2, 0.25) is 5.02 Å². The van der Waals surface area contributed by atoms with Crippen molar-refractivity contribution in [1.29, 1.82) is 0 Å². The maximum absolute atomic E-state index is 6.10. The highest BCUT2D eigenvalue weighted by Gasteiger charge is 2.39. The van der Waals surface area contributed by atoms with Gasteiger partial charge in [-0.25, -0.2) is 0 Å². The van der Waals surface area contributed by atoms with Crippen LogP contribution in [0, 0.1) is 5.92 Å². The van der Waals surface area contributed by atoms with E-state index in [1.54, 1.807) is 0 Å². The molecule has 3 atom stereocenters. The third-order valence-corrected chi connectivity index (χ3v) is 4.84. The van der Waals surface area contributed by atoms with Crippen LogP contribution < -0.4 is 5.32 Å². The van der Waals surface area contributed by atoms with Gasteiger partial charge in [0, 0.05) is 49.6 Å². The Morgan fingerprint density at radius 3 is 2.96 bits per heavy atom. The zero-order chi connectivity index (χ0) is 16.2. The number of hydrogen-bond acceptors (Lipinski definition) is 2. The van der Waals surface area contributed by atoms with E-state index in [-0.39, 0.29) is 24.0 Å². The number of benzene rings is 1. The maximum Gasteiger partial charge on any atom is 0.193 e. The summed E-state index contributed by atoms with van der Waals surface area (Å²) < 4.78 is 5.48. The predicted octanol–water partition coefficient (Wildman–Crippen LogP) is 3.75. The second-order valence-corrected chi connectivity index (χ2v) is 6.99. The van der Waals surface area contributed by atoms with Crippen LogP contribution in [0.4, 0.5) is 0 Å². The number of nitrogens with one attached hydrogen (secondary N) is 1. The quantitative estimate of drug-likeness (QED) is 0.410. The number of halogens is 2. The van der Waals surface area contributed by atoms with Crippen LogP contribution in [0.1, 0.15) is 31.2 Å². The molecule has 1 aromatic carbocycles. The highest BCUT2D eigenvalue weighted by molar-refractivity contribution is 14.0. The molecule has 0 aromatic heterocycles. The number of ether oxygens (including phenoxy) is 1. The molecule has 3 unspecified atom stereocenters. The standard InChI is InChI=1S/C18H26ClN3O.HI/c1-3-20-18(22(2)11-13-7-8-23-12-13)21-17-10-16(17)14-5-4-6-15(19)9-14;/h4-6,9,13,16-17H,3,7-8,10-12H2,1-2H3,(H,20,21);1H. The first-order chi connectivity index (χ1) is 11.2. The van der Waals surface area contributed by atoms with Gasteiger partial charge >= 0.3 is 0 Å². The zero-order valence-electron chi connectivity index (χ0n) is 14.4. The van der Waals surface area contributed by atoms with Crippen molar-refractivity contribution in [3.05, 3.63) is 34.9 Å². The van der Waals surface area contributed by atoms with Crippen LogP contribution in [-0.4, -0.2) is 50.3 Å². The topological polar surface area (TPSA) is 36.9 Å². The second kappa shape index (κ2) is 9.25. The Hall–Kier alpha value is -0.530. The summed E-state index contributed by atoms with van der Waals surface area (Å²) in [6.07, 6.45) is 2.29. The van der Waals surface area contributed by atoms with E-state index in [0.29, 0.717) is 17.9 Å². The first kappa shape index (κ1) is 19.8. The lowest BCUT2D eigenvalue weighted by Gasteiger charge is -2.25. The first-order valence-corrected chi connectivity index (χ1v) is 8.90. The van der Waals surface area contributed by atoms with Crippen molar-refractivity contribution >= 4 is 41.5 Å². The molecule has 1 aliphatic heterocycles. The number of aliphatic imine (C=N–C) groups is 1. The maximum atomic E-state index is 6.10. The van der Waals surface area contributed by atoms with Crippen molar-refractivity contribution in [2.45, 2.75) is 31.7 Å². The molecule has 0 bridgehead atoms. The minimum Gasteiger partial charge on any atom is -0.381 e. The van der Waals surface area contributed by atoms with Crippen molar-refractivity contribution < 1.29 is 4.74 Å². The minimum atomic E-state index is 0. The average molecular weight is 464 g/mol. The molecule has 0 radical (unpaired) electrons. The van der Waals surface area contributed by atoms with E-state index in [4.69, 9.17) is 16.3 Å². The molecule has 1 aromatic rings. The molecule has 0 amide bonds. The summed E-state index contributed by atoms with van der Waals surface area (Å²) in [5.74, 6) is 2.17. The summed E-state index contributed by atoms with van der Waals surface area (Å²) in [4.78, 5) is 6.90. The van der Waals surface area contributed by atoms with Crippen molar-refractivity contribution in [3.8, 4) is 0 Å². The summed E-state index contributed by atoms with van der Waals surface area (Å²) >= 11 is 6.10. The molecule has 2 fully saturated rings. The summed E-state index contributed by atoms with van der Waals surface area (Å²) in [6.45, 7) is 5.64. The van der Waals surface area contributed by atoms with Gasteiger partial charge in [-0.1, -0.05) is 23.7 Å². The highest BCUT2D eigenvalue weighted by atomic mass is 127. The van der Waals surface area contributed by atoms with Gasteiger partial charge in [0.25, 0.3) is 0 Å². The van der Waals surface area contributed by atoms with Gasteiger partial charge in [0.2, 0.25) is 0 Å². The normalized spacial score (nSPS) is 26.0. The average Bonchev–Trinajstić information content (AvgIpc) is 3.11. The summed E-state index contributed by atoms with van der Waals surface area (Å²) in [6, 6.07) is 8.65. The van der Waals surface area contributed by atoms with E-state index >= 15 is 0 Å². The van der Waals surface area contributed by atoms with Gasteiger partial charge in [0.1, 0.15) is 0 Å². The van der Waals surface area contributed by atoms with E-state index in [9.17, 15) is 0 Å². The highest BCUT2D eigenvalue weighted by Crippen LogP contribution is 2.41. The summed E-state index contributed by atoms with van der Waals surface area (Å²) in [5.41, 5.74) is 1.32. The van der Waals surface area contributed by atoms with Crippen molar-refractivity contribution in [1.82, 2.24) is 10.2 Å². The van der Waals surface area contributed by atoms with Gasteiger partial charge in [-0.05, 0) is 37.5 Å². The van der Waals surface area contributed by atoms with Crippen molar-refractivity contribution in [3.63, 3.8) is 0 Å². The summed E-state index contributed by atoms with van der Waals surface area (Å²) in [7, 11) is 2.12. The second-order valence-electron chi connectivity index (χ2n) is 6.56. The SMILES string of the molecule is CCN=C(NC1CC1c1cccc(Cl)c1)N(C)CC1CCOC1.I. The number of nitrogens with zero attached hydrogens (tertiary/aromatic N) is 2. The van der Waals surface area contributed by atoms with Gasteiger partial charge in [-0.3, -0.25) is 4.99 Å². The molecule has 1 heterocycles. The Morgan fingerprint density at radius 2 is 2.29 bits per heavy atom. The number of guanidine groups is 1. The Bertz CT molecular complexity index is 563. The van der Waals surface area contributed by atoms with E-state index in [1.807, 2.05) is 12.1 Å². The fourth-order valence-corrected chi connectivity index (χ4v) is 3.45. The smallest absolute Gasteiger partial charge is 0.193 e. The fourth-order valence-electron chi connectivity index (χ4n) is 3.25. The lowest BCUT2D eigenvalue weighted by Crippen LogP contribution is -2.43. The molecule has 134 valence electrons. The Labute approximate surface area is 167 Å². The molecule has 2 aliphatic rings. The Morgan fingerprint density at radius 1 is 1.46 bits per heavy atom. The lowest BCUT2D eigenvalue weighted by atomic mass is 10.1. The molecule has 1 saturated carbocycles. The van der Waals surface area contributed by atoms with Crippen molar-refractivity contribution in [2.24, 2.45) is 10.9 Å². The van der Waals surface area contributed by atoms with E-state index in [2.05, 4.69) is 41.3 Å². The van der Waals surface area contributed by atoms with E-state index in [0.717, 1.165) is 50.1 Å². The van der Waals surface area contributed by atoms with Gasteiger partial charge < -0.3 is 15.0 Å². The minimum absolute atomic E-state index is 0. The van der Waals surface area contributed by atoms with Crippen LogP contribution in [0.15, 0.2) is 29.3 Å². The molecule has 1 N–H and O–H groups in total. The van der Waals surface area contributed by atoms with Gasteiger partial charge in [0.05, 0.1) is 6.61 Å². The van der Waals surface area contributed by atoms with Crippen LogP contribution in [-0.2, 0) is 4.74 Å². The van der Waals surface area contributed by atoms with Gasteiger partial charge in [0.15, 0.2) is 5.96 Å². The fraction of sp³-hybridized carbons (Fsp3) is 0.611. The van der Waals surface area contributed by atoms with Crippen molar-refractivity contribution in [2.75, 3.05) is 33.4 Å². The molecule has 24 heavy (non-hydrogen) atoms. The third kappa shape index (κ3) is 5.23. The molecule has 3 rings (SSSR count). The monoisotopic (exact) mass is 463 g/mol. The molecule has 6 heteroatoms. The summed E-state index contributed by atoms with van der Waals surface area (Å²) in [5, 5.41) is 4.44. The molecular weight excluding hydrogens is 437 g/mol. The van der Waals surface area contributed by atoms with E-state index < -0.39 is 0 Å². The first-order valence-electron chi connectivity index (χ1n) is 8.52. The third-order valence-electron chi connectivity index (χ3n) is 4.61. The largest absolute Gasteiger partial charge is 0.381 e. The van der Waals surface area contributed by atoms with Crippen LogP contribution in [0.5, 0.6) is 0 Å². The molecule has 4 nitrogen and oxygen atoms in total. The Balaban J connectivity index is 0.00000208. The van der Waals surface area contributed by atoms with Crippen LogP contribution in [0.3, 0.4) is 0 Å². The zero-order valence-corrected chi connectivity index (χ0v) is 17.5. The molecule has 1 aliphatic carbocycles.